The summed E-state index contributed by atoms with van der Waals surface area (Å²) in [6.07, 6.45) is 9.11. The number of aromatic nitrogens is 4. The number of nitrogens with zero attached hydrogens (tertiary/aromatic N) is 4. The highest BCUT2D eigenvalue weighted by Crippen LogP contribution is 2.40. The standard InChI is InChI=1S/C25H26N6O5S/c1-15-10-16-4-3-5-19(16)23(22(15)17-6-8-30-9-7-26-21(30)11-17)28-25(32)29-37(33,34)20-12-27-31-13-18(35-2)14-36-24(20)31/h6-12,18H,3-5,13-14H2,1-2H3,(H2,28,29,32). The molecule has 2 amide bonds. The first kappa shape index (κ1) is 23.5. The van der Waals surface area contributed by atoms with Gasteiger partial charge in [0.1, 0.15) is 18.4 Å². The highest BCUT2D eigenvalue weighted by atomic mass is 32.2. The van der Waals surface area contributed by atoms with Crippen LogP contribution in [0.5, 0.6) is 5.88 Å². The topological polar surface area (TPSA) is 129 Å². The van der Waals surface area contributed by atoms with Crippen LogP contribution in [-0.4, -0.2) is 53.4 Å². The quantitative estimate of drug-likeness (QED) is 0.412. The minimum Gasteiger partial charge on any atom is -0.474 e. The first-order valence-corrected chi connectivity index (χ1v) is 13.5. The van der Waals surface area contributed by atoms with E-state index in [4.69, 9.17) is 9.47 Å². The average molecular weight is 523 g/mol. The molecule has 0 fully saturated rings. The molecule has 0 radical (unpaired) electrons. The number of hydrogen-bond acceptors (Lipinski definition) is 7. The van der Waals surface area contributed by atoms with E-state index in [0.717, 1.165) is 52.7 Å². The molecule has 6 rings (SSSR count). The van der Waals surface area contributed by atoms with Gasteiger partial charge in [-0.1, -0.05) is 6.07 Å². The third-order valence-corrected chi connectivity index (χ3v) is 8.23. The second-order valence-electron chi connectivity index (χ2n) is 9.27. The van der Waals surface area contributed by atoms with Gasteiger partial charge in [0.25, 0.3) is 10.0 Å². The van der Waals surface area contributed by atoms with Crippen molar-refractivity contribution in [1.82, 2.24) is 23.9 Å². The molecule has 3 aromatic heterocycles. The van der Waals surface area contributed by atoms with Gasteiger partial charge in [0.05, 0.1) is 18.4 Å². The van der Waals surface area contributed by atoms with Crippen molar-refractivity contribution < 1.29 is 22.7 Å². The molecule has 1 aliphatic heterocycles. The molecular weight excluding hydrogens is 496 g/mol. The lowest BCUT2D eigenvalue weighted by molar-refractivity contribution is 0.0165. The van der Waals surface area contributed by atoms with Crippen LogP contribution in [-0.2, 0) is 34.1 Å². The van der Waals surface area contributed by atoms with Crippen molar-refractivity contribution in [2.24, 2.45) is 0 Å². The number of carbonyl (C=O) groups is 1. The average Bonchev–Trinajstić information content (AvgIpc) is 3.62. The molecule has 1 aliphatic carbocycles. The number of rotatable bonds is 5. The van der Waals surface area contributed by atoms with Gasteiger partial charge in [0, 0.05) is 31.3 Å². The highest BCUT2D eigenvalue weighted by molar-refractivity contribution is 7.90. The van der Waals surface area contributed by atoms with E-state index in [-0.39, 0.29) is 23.5 Å². The van der Waals surface area contributed by atoms with Crippen LogP contribution in [0.3, 0.4) is 0 Å². The SMILES string of the molecule is COC1COc2c(S(=O)(=O)NC(=O)Nc3c4c(cc(C)c3-c3ccn5ccnc5c3)CCC4)cnn2C1. The molecule has 4 aromatic rings. The largest absolute Gasteiger partial charge is 0.474 e. The van der Waals surface area contributed by atoms with Crippen LogP contribution < -0.4 is 14.8 Å². The smallest absolute Gasteiger partial charge is 0.333 e. The number of ether oxygens (including phenoxy) is 2. The van der Waals surface area contributed by atoms with Crippen molar-refractivity contribution in [3.8, 4) is 17.0 Å². The van der Waals surface area contributed by atoms with Crippen molar-refractivity contribution in [2.75, 3.05) is 19.0 Å². The van der Waals surface area contributed by atoms with Crippen LogP contribution >= 0.6 is 0 Å². The molecule has 0 bridgehead atoms. The molecule has 192 valence electrons. The van der Waals surface area contributed by atoms with E-state index in [1.165, 1.54) is 10.9 Å². The summed E-state index contributed by atoms with van der Waals surface area (Å²) in [7, 11) is -2.70. The van der Waals surface area contributed by atoms with Crippen molar-refractivity contribution in [3.63, 3.8) is 0 Å². The highest BCUT2D eigenvalue weighted by Gasteiger charge is 2.31. The fourth-order valence-electron chi connectivity index (χ4n) is 5.16. The Bertz CT molecular complexity index is 1640. The minimum atomic E-state index is -4.25. The monoisotopic (exact) mass is 522 g/mol. The number of methoxy groups -OCH3 is 1. The van der Waals surface area contributed by atoms with Crippen LogP contribution in [0, 0.1) is 6.92 Å². The number of amides is 2. The van der Waals surface area contributed by atoms with Crippen molar-refractivity contribution >= 4 is 27.4 Å². The van der Waals surface area contributed by atoms with E-state index in [9.17, 15) is 13.2 Å². The number of urea groups is 1. The van der Waals surface area contributed by atoms with Gasteiger partial charge < -0.3 is 19.2 Å². The Kier molecular flexibility index (Phi) is 5.64. The number of nitrogens with one attached hydrogen (secondary N) is 2. The number of benzene rings is 1. The Balaban J connectivity index is 1.33. The number of imidazole rings is 1. The van der Waals surface area contributed by atoms with Gasteiger partial charge in [-0.05, 0) is 60.6 Å². The first-order chi connectivity index (χ1) is 17.8. The van der Waals surface area contributed by atoms with Gasteiger partial charge in [-0.2, -0.15) is 5.10 Å². The van der Waals surface area contributed by atoms with E-state index >= 15 is 0 Å². The Morgan fingerprint density at radius 2 is 2.11 bits per heavy atom. The number of carbonyl (C=O) groups excluding carboxylic acids is 1. The Hall–Kier alpha value is -3.90. The van der Waals surface area contributed by atoms with Crippen LogP contribution in [0.25, 0.3) is 16.8 Å². The summed E-state index contributed by atoms with van der Waals surface area (Å²) in [5, 5.41) is 6.96. The van der Waals surface area contributed by atoms with Crippen LogP contribution in [0.15, 0.2) is 47.9 Å². The summed E-state index contributed by atoms with van der Waals surface area (Å²) < 4.78 is 42.6. The molecule has 0 spiro atoms. The van der Waals surface area contributed by atoms with Crippen molar-refractivity contribution in [3.05, 3.63) is 59.7 Å². The molecule has 1 aromatic carbocycles. The molecule has 0 saturated carbocycles. The molecule has 12 heteroatoms. The van der Waals surface area contributed by atoms with Gasteiger partial charge in [-0.15, -0.1) is 0 Å². The number of hydrogen-bond donors (Lipinski definition) is 2. The van der Waals surface area contributed by atoms with Crippen molar-refractivity contribution in [2.45, 2.75) is 43.7 Å². The molecule has 2 N–H and O–H groups in total. The van der Waals surface area contributed by atoms with Crippen LogP contribution in [0.1, 0.15) is 23.1 Å². The minimum absolute atomic E-state index is 0.0822. The summed E-state index contributed by atoms with van der Waals surface area (Å²) in [5.41, 5.74) is 6.29. The maximum absolute atomic E-state index is 13.1. The molecule has 0 saturated heterocycles. The summed E-state index contributed by atoms with van der Waals surface area (Å²) in [5.74, 6) is 0.0822. The second-order valence-corrected chi connectivity index (χ2v) is 10.9. The zero-order valence-electron chi connectivity index (χ0n) is 20.4. The van der Waals surface area contributed by atoms with E-state index in [0.29, 0.717) is 12.2 Å². The lowest BCUT2D eigenvalue weighted by Crippen LogP contribution is -2.36. The van der Waals surface area contributed by atoms with E-state index in [2.05, 4.69) is 26.2 Å². The van der Waals surface area contributed by atoms with Gasteiger partial charge in [0.2, 0.25) is 5.88 Å². The molecule has 37 heavy (non-hydrogen) atoms. The summed E-state index contributed by atoms with van der Waals surface area (Å²) >= 11 is 0. The maximum atomic E-state index is 13.1. The lowest BCUT2D eigenvalue weighted by atomic mass is 9.93. The molecule has 1 unspecified atom stereocenters. The van der Waals surface area contributed by atoms with Crippen LogP contribution in [0.2, 0.25) is 0 Å². The predicted octanol–water partition coefficient (Wildman–Crippen LogP) is 2.91. The number of fused-ring (bicyclic) bond motifs is 3. The van der Waals surface area contributed by atoms with Gasteiger partial charge in [-0.25, -0.2) is 27.6 Å². The predicted molar refractivity (Wildman–Crippen MR) is 135 cm³/mol. The molecule has 4 heterocycles. The van der Waals surface area contributed by atoms with Gasteiger partial charge in [-0.3, -0.25) is 0 Å². The molecule has 1 atom stereocenters. The Morgan fingerprint density at radius 1 is 1.24 bits per heavy atom. The third-order valence-electron chi connectivity index (χ3n) is 6.91. The van der Waals surface area contributed by atoms with Gasteiger partial charge in [0.15, 0.2) is 4.90 Å². The van der Waals surface area contributed by atoms with E-state index in [1.54, 1.807) is 13.3 Å². The molecule has 11 nitrogen and oxygen atoms in total. The second kappa shape index (κ2) is 8.89. The molecule has 2 aliphatic rings. The van der Waals surface area contributed by atoms with E-state index < -0.39 is 16.1 Å². The van der Waals surface area contributed by atoms with Crippen molar-refractivity contribution in [1.29, 1.82) is 0 Å². The van der Waals surface area contributed by atoms with Gasteiger partial charge >= 0.3 is 6.03 Å². The molecular formula is C25H26N6O5S. The third kappa shape index (κ3) is 4.11. The fourth-order valence-corrected chi connectivity index (χ4v) is 6.15. The number of pyridine rings is 1. The number of anilines is 1. The van der Waals surface area contributed by atoms with Crippen LogP contribution in [0.4, 0.5) is 10.5 Å². The Morgan fingerprint density at radius 3 is 2.95 bits per heavy atom. The maximum Gasteiger partial charge on any atom is 0.333 e. The summed E-state index contributed by atoms with van der Waals surface area (Å²) in [4.78, 5) is 17.3. The zero-order valence-corrected chi connectivity index (χ0v) is 21.2. The summed E-state index contributed by atoms with van der Waals surface area (Å²) in [6.45, 7) is 2.54. The number of aryl methyl sites for hydroxylation is 2. The number of sulfonamides is 1. The summed E-state index contributed by atoms with van der Waals surface area (Å²) in [6, 6.07) is 5.21. The fraction of sp³-hybridized carbons (Fsp3) is 0.320. The normalized spacial score (nSPS) is 16.8. The zero-order chi connectivity index (χ0) is 25.7. The van der Waals surface area contributed by atoms with E-state index in [1.807, 2.05) is 35.9 Å². The first-order valence-electron chi connectivity index (χ1n) is 12.0. The Labute approximate surface area is 213 Å². The lowest BCUT2D eigenvalue weighted by Gasteiger charge is -2.23.